The van der Waals surface area contributed by atoms with E-state index in [-0.39, 0.29) is 0 Å². The van der Waals surface area contributed by atoms with Crippen LogP contribution in [-0.4, -0.2) is 29.5 Å². The fourth-order valence-corrected chi connectivity index (χ4v) is 2.47. The number of H-pyrrole nitrogens is 1. The molecule has 1 aromatic carbocycles. The molecule has 0 amide bonds. The van der Waals surface area contributed by atoms with Crippen LogP contribution in [0.25, 0.3) is 15.7 Å². The van der Waals surface area contributed by atoms with E-state index in [4.69, 9.17) is 6.57 Å². The zero-order valence-corrected chi connectivity index (χ0v) is 11.7. The van der Waals surface area contributed by atoms with Crippen LogP contribution in [0.3, 0.4) is 0 Å². The van der Waals surface area contributed by atoms with Gasteiger partial charge in [-0.25, -0.2) is 4.85 Å². The van der Waals surface area contributed by atoms with Crippen LogP contribution in [0.2, 0.25) is 0 Å². The van der Waals surface area contributed by atoms with Gasteiger partial charge in [-0.05, 0) is 37.6 Å². The maximum atomic E-state index is 7.04. The van der Waals surface area contributed by atoms with E-state index in [0.717, 1.165) is 25.0 Å². The van der Waals surface area contributed by atoms with Gasteiger partial charge in [0.05, 0.1) is 6.57 Å². The van der Waals surface area contributed by atoms with Crippen LogP contribution >= 0.6 is 0 Å². The van der Waals surface area contributed by atoms with Crippen molar-refractivity contribution in [2.45, 2.75) is 26.7 Å². The van der Waals surface area contributed by atoms with Crippen LogP contribution in [0.1, 0.15) is 25.8 Å². The number of fused-ring (bicyclic) bond motifs is 1. The summed E-state index contributed by atoms with van der Waals surface area (Å²) in [6.07, 6.45) is 4.35. The molecular formula is C16H21N3. The summed E-state index contributed by atoms with van der Waals surface area (Å²) < 4.78 is 0. The third-order valence-electron chi connectivity index (χ3n) is 3.56. The minimum absolute atomic E-state index is 0.696. The molecule has 0 saturated carbocycles. The Hall–Kier alpha value is -1.79. The van der Waals surface area contributed by atoms with Crippen LogP contribution in [0.15, 0.2) is 24.4 Å². The zero-order valence-electron chi connectivity index (χ0n) is 11.7. The van der Waals surface area contributed by atoms with Gasteiger partial charge < -0.3 is 9.88 Å². The largest absolute Gasteiger partial charge is 0.362 e. The van der Waals surface area contributed by atoms with Gasteiger partial charge in [0.25, 0.3) is 0 Å². The molecule has 1 aromatic heterocycles. The van der Waals surface area contributed by atoms with Crippen molar-refractivity contribution in [1.29, 1.82) is 0 Å². The minimum atomic E-state index is 0.696. The van der Waals surface area contributed by atoms with Gasteiger partial charge in [-0.15, -0.1) is 0 Å². The second-order valence-corrected chi connectivity index (χ2v) is 4.84. The molecule has 19 heavy (non-hydrogen) atoms. The molecule has 0 spiro atoms. The summed E-state index contributed by atoms with van der Waals surface area (Å²) in [4.78, 5) is 9.22. The van der Waals surface area contributed by atoms with Crippen molar-refractivity contribution >= 4 is 16.6 Å². The molecular weight excluding hydrogens is 234 g/mol. The molecule has 1 N–H and O–H groups in total. The molecule has 0 aliphatic carbocycles. The van der Waals surface area contributed by atoms with E-state index >= 15 is 0 Å². The fourth-order valence-electron chi connectivity index (χ4n) is 2.47. The lowest BCUT2D eigenvalue weighted by Gasteiger charge is -2.18. The van der Waals surface area contributed by atoms with Gasteiger partial charge in [-0.3, -0.25) is 0 Å². The third-order valence-corrected chi connectivity index (χ3v) is 3.56. The summed E-state index contributed by atoms with van der Waals surface area (Å²) in [6.45, 7) is 14.9. The highest BCUT2D eigenvalue weighted by Gasteiger charge is 2.06. The highest BCUT2D eigenvalue weighted by atomic mass is 15.1. The van der Waals surface area contributed by atoms with Crippen molar-refractivity contribution in [3.05, 3.63) is 41.4 Å². The lowest BCUT2D eigenvalue weighted by molar-refractivity contribution is 0.293. The molecule has 0 aliphatic heterocycles. The number of benzene rings is 1. The maximum absolute atomic E-state index is 7.04. The van der Waals surface area contributed by atoms with E-state index < -0.39 is 0 Å². The van der Waals surface area contributed by atoms with Crippen LogP contribution < -0.4 is 0 Å². The van der Waals surface area contributed by atoms with Gasteiger partial charge in [-0.1, -0.05) is 26.0 Å². The van der Waals surface area contributed by atoms with Gasteiger partial charge in [0.1, 0.15) is 0 Å². The number of aromatic amines is 1. The summed E-state index contributed by atoms with van der Waals surface area (Å²) in [5.74, 6) is 0. The summed E-state index contributed by atoms with van der Waals surface area (Å²) >= 11 is 0. The average molecular weight is 255 g/mol. The Balaban J connectivity index is 2.11. The standard InChI is InChI=1S/C16H21N3/c1-4-9-19(5-2)10-8-13-12-18-16-11-14(17-3)6-7-15(13)16/h6-7,11-12,18H,4-5,8-10H2,1-2H3. The van der Waals surface area contributed by atoms with E-state index in [1.807, 2.05) is 12.1 Å². The monoisotopic (exact) mass is 255 g/mol. The zero-order chi connectivity index (χ0) is 13.7. The summed E-state index contributed by atoms with van der Waals surface area (Å²) in [5, 5.41) is 1.25. The Morgan fingerprint density at radius 2 is 2.11 bits per heavy atom. The highest BCUT2D eigenvalue weighted by Crippen LogP contribution is 2.24. The van der Waals surface area contributed by atoms with Gasteiger partial charge in [0, 0.05) is 23.6 Å². The van der Waals surface area contributed by atoms with E-state index in [9.17, 15) is 0 Å². The average Bonchev–Trinajstić information content (AvgIpc) is 2.85. The number of nitrogens with one attached hydrogen (secondary N) is 1. The number of likely N-dealkylation sites (N-methyl/N-ethyl adjacent to an activating group) is 1. The fraction of sp³-hybridized carbons (Fsp3) is 0.438. The molecule has 0 aliphatic rings. The van der Waals surface area contributed by atoms with E-state index in [1.165, 1.54) is 23.9 Å². The number of rotatable bonds is 6. The first-order valence-corrected chi connectivity index (χ1v) is 6.98. The Bertz CT molecular complexity index is 577. The van der Waals surface area contributed by atoms with Crippen LogP contribution in [0.5, 0.6) is 0 Å². The number of aromatic nitrogens is 1. The van der Waals surface area contributed by atoms with Gasteiger partial charge in [0.2, 0.25) is 0 Å². The lowest BCUT2D eigenvalue weighted by Crippen LogP contribution is -2.26. The first-order chi connectivity index (χ1) is 9.28. The molecule has 3 nitrogen and oxygen atoms in total. The van der Waals surface area contributed by atoms with Crippen molar-refractivity contribution in [2.75, 3.05) is 19.6 Å². The Kier molecular flexibility index (Phi) is 4.59. The molecule has 0 bridgehead atoms. The highest BCUT2D eigenvalue weighted by molar-refractivity contribution is 5.86. The van der Waals surface area contributed by atoms with Crippen molar-refractivity contribution in [2.24, 2.45) is 0 Å². The molecule has 3 heteroatoms. The SMILES string of the molecule is [C-]#[N+]c1ccc2c(CCN(CC)CCC)c[nH]c2c1. The third kappa shape index (κ3) is 3.15. The maximum Gasteiger partial charge on any atom is 0.189 e. The first-order valence-electron chi connectivity index (χ1n) is 6.98. The van der Waals surface area contributed by atoms with Gasteiger partial charge in [-0.2, -0.15) is 0 Å². The molecule has 0 saturated heterocycles. The van der Waals surface area contributed by atoms with Crippen molar-refractivity contribution in [3.63, 3.8) is 0 Å². The molecule has 0 radical (unpaired) electrons. The minimum Gasteiger partial charge on any atom is -0.362 e. The Labute approximate surface area is 115 Å². The quantitative estimate of drug-likeness (QED) is 0.775. The second-order valence-electron chi connectivity index (χ2n) is 4.84. The van der Waals surface area contributed by atoms with Gasteiger partial charge >= 0.3 is 0 Å². The van der Waals surface area contributed by atoms with Crippen molar-refractivity contribution in [1.82, 2.24) is 9.88 Å². The number of hydrogen-bond donors (Lipinski definition) is 1. The Morgan fingerprint density at radius 1 is 1.26 bits per heavy atom. The molecule has 0 atom stereocenters. The van der Waals surface area contributed by atoms with E-state index in [1.54, 1.807) is 0 Å². The number of hydrogen-bond acceptors (Lipinski definition) is 1. The Morgan fingerprint density at radius 3 is 2.79 bits per heavy atom. The molecule has 2 aromatic rings. The second kappa shape index (κ2) is 6.40. The first kappa shape index (κ1) is 13.6. The normalized spacial score (nSPS) is 11.1. The van der Waals surface area contributed by atoms with Crippen LogP contribution in [0.4, 0.5) is 5.69 Å². The topological polar surface area (TPSA) is 23.4 Å². The molecule has 100 valence electrons. The molecule has 2 rings (SSSR count). The van der Waals surface area contributed by atoms with Gasteiger partial charge in [0.15, 0.2) is 5.69 Å². The van der Waals surface area contributed by atoms with Crippen molar-refractivity contribution < 1.29 is 0 Å². The van der Waals surface area contributed by atoms with Crippen LogP contribution in [-0.2, 0) is 6.42 Å². The molecule has 0 fully saturated rings. The summed E-state index contributed by atoms with van der Waals surface area (Å²) in [6, 6.07) is 5.89. The van der Waals surface area contributed by atoms with E-state index in [2.05, 4.69) is 40.8 Å². The lowest BCUT2D eigenvalue weighted by atomic mass is 10.1. The van der Waals surface area contributed by atoms with Crippen LogP contribution in [0, 0.1) is 6.57 Å². The smallest absolute Gasteiger partial charge is 0.189 e. The summed E-state index contributed by atoms with van der Waals surface area (Å²) in [7, 11) is 0. The van der Waals surface area contributed by atoms with E-state index in [0.29, 0.717) is 5.69 Å². The molecule has 0 unspecified atom stereocenters. The summed E-state index contributed by atoms with van der Waals surface area (Å²) in [5.41, 5.74) is 3.12. The molecule has 1 heterocycles. The number of nitrogens with zero attached hydrogens (tertiary/aromatic N) is 2. The predicted octanol–water partition coefficient (Wildman–Crippen LogP) is 3.99. The van der Waals surface area contributed by atoms with Crippen molar-refractivity contribution in [3.8, 4) is 0 Å². The predicted molar refractivity (Wildman–Crippen MR) is 80.7 cm³/mol.